The number of aromatic nitrogens is 3. The zero-order valence-electron chi connectivity index (χ0n) is 18.3. The molecule has 0 saturated heterocycles. The number of nitrogens with zero attached hydrogens (tertiary/aromatic N) is 4. The van der Waals surface area contributed by atoms with Crippen molar-refractivity contribution in [2.45, 2.75) is 41.0 Å². The smallest absolute Gasteiger partial charge is 0.220 e. The second kappa shape index (κ2) is 9.28. The van der Waals surface area contributed by atoms with Crippen molar-refractivity contribution in [2.75, 3.05) is 0 Å². The van der Waals surface area contributed by atoms with Gasteiger partial charge in [0.1, 0.15) is 6.07 Å². The zero-order valence-corrected chi connectivity index (χ0v) is 18.3. The molecule has 30 heavy (non-hydrogen) atoms. The molecule has 0 radical (unpaired) electrons. The van der Waals surface area contributed by atoms with Gasteiger partial charge in [-0.15, -0.1) is 0 Å². The summed E-state index contributed by atoms with van der Waals surface area (Å²) in [6, 6.07) is 24.6. The fraction of sp³-hybridized carbons (Fsp3) is 0.231. The molecular weight excluding hydrogens is 368 g/mol. The van der Waals surface area contributed by atoms with Crippen LogP contribution in [0.3, 0.4) is 0 Å². The van der Waals surface area contributed by atoms with Crippen LogP contribution in [-0.2, 0) is 0 Å². The first-order chi connectivity index (χ1) is 14.7. The van der Waals surface area contributed by atoms with Crippen LogP contribution in [0, 0.1) is 18.3 Å². The van der Waals surface area contributed by atoms with Gasteiger partial charge in [0.25, 0.3) is 0 Å². The van der Waals surface area contributed by atoms with Crippen molar-refractivity contribution in [2.24, 2.45) is 0 Å². The Balaban J connectivity index is 0.000000473. The molecule has 0 N–H and O–H groups in total. The Morgan fingerprint density at radius 2 is 1.43 bits per heavy atom. The topological polar surface area (TPSA) is 46.0 Å². The maximum atomic E-state index is 9.69. The normalized spacial score (nSPS) is 10.3. The van der Waals surface area contributed by atoms with E-state index in [1.807, 2.05) is 69.3 Å². The van der Waals surface area contributed by atoms with Crippen LogP contribution >= 0.6 is 0 Å². The van der Waals surface area contributed by atoms with Crippen molar-refractivity contribution in [3.05, 3.63) is 77.9 Å². The molecule has 0 fully saturated rings. The van der Waals surface area contributed by atoms with E-state index >= 15 is 0 Å². The molecule has 4 heteroatoms. The molecule has 5 rings (SSSR count). The molecule has 0 amide bonds. The van der Waals surface area contributed by atoms with Crippen LogP contribution in [0.25, 0.3) is 33.5 Å². The van der Waals surface area contributed by atoms with Gasteiger partial charge in [-0.05, 0) is 42.8 Å². The van der Waals surface area contributed by atoms with E-state index in [1.165, 1.54) is 6.42 Å². The highest BCUT2D eigenvalue weighted by atomic mass is 15.2. The van der Waals surface area contributed by atoms with Gasteiger partial charge in [0.15, 0.2) is 0 Å². The van der Waals surface area contributed by atoms with Gasteiger partial charge < -0.3 is 0 Å². The molecule has 0 unspecified atom stereocenters. The summed E-state index contributed by atoms with van der Waals surface area (Å²) in [4.78, 5) is 4.85. The Bertz CT molecular complexity index is 1330. The van der Waals surface area contributed by atoms with Crippen molar-refractivity contribution in [1.29, 1.82) is 5.26 Å². The second-order valence-electron chi connectivity index (χ2n) is 6.85. The van der Waals surface area contributed by atoms with Crippen LogP contribution in [0.5, 0.6) is 0 Å². The van der Waals surface area contributed by atoms with E-state index < -0.39 is 0 Å². The van der Waals surface area contributed by atoms with Crippen LogP contribution in [0.2, 0.25) is 0 Å². The van der Waals surface area contributed by atoms with Gasteiger partial charge in [-0.2, -0.15) is 5.26 Å². The highest BCUT2D eigenvalue weighted by molar-refractivity contribution is 5.92. The van der Waals surface area contributed by atoms with Crippen LogP contribution in [0.4, 0.5) is 0 Å². The van der Waals surface area contributed by atoms with Crippen molar-refractivity contribution >= 4 is 27.8 Å². The first-order valence-electron chi connectivity index (χ1n) is 10.6. The van der Waals surface area contributed by atoms with Crippen molar-refractivity contribution in [3.63, 3.8) is 0 Å². The number of rotatable bonds is 1. The molecule has 152 valence electrons. The molecule has 0 spiro atoms. The number of fused-ring (bicyclic) bond motifs is 5. The molecule has 4 nitrogen and oxygen atoms in total. The van der Waals surface area contributed by atoms with Crippen molar-refractivity contribution in [3.8, 4) is 11.8 Å². The predicted octanol–water partition coefficient (Wildman–Crippen LogP) is 7.05. The summed E-state index contributed by atoms with van der Waals surface area (Å²) in [5.41, 5.74) is 6.64. The van der Waals surface area contributed by atoms with E-state index in [2.05, 4.69) is 47.1 Å². The summed E-state index contributed by atoms with van der Waals surface area (Å²) >= 11 is 0. The Morgan fingerprint density at radius 3 is 2.10 bits per heavy atom. The Morgan fingerprint density at radius 1 is 0.833 bits per heavy atom. The number of benzene rings is 3. The monoisotopic (exact) mass is 396 g/mol. The van der Waals surface area contributed by atoms with Crippen LogP contribution in [0.1, 0.15) is 45.2 Å². The average Bonchev–Trinajstić information content (AvgIpc) is 3.30. The van der Waals surface area contributed by atoms with E-state index in [4.69, 9.17) is 4.98 Å². The largest absolute Gasteiger partial charge is 0.277 e. The minimum Gasteiger partial charge on any atom is -0.277 e. The van der Waals surface area contributed by atoms with Gasteiger partial charge in [0.2, 0.25) is 5.78 Å². The third-order valence-corrected chi connectivity index (χ3v) is 4.71. The Kier molecular flexibility index (Phi) is 6.54. The minimum absolute atomic E-state index is 0.679. The summed E-state index contributed by atoms with van der Waals surface area (Å²) in [7, 11) is 0. The maximum absolute atomic E-state index is 9.69. The van der Waals surface area contributed by atoms with E-state index in [0.29, 0.717) is 5.56 Å². The standard InChI is InChI=1S/C21H14N4.C3H8.C2H6/c1-14-7-6-12-17(15(14)13-22)24-19-10-4-5-11-20(19)25-18-9-3-2-8-16(18)23-21(24)25;1-3-2;1-2/h2-12H,1H3;3H2,1-2H3;1-2H3. The highest BCUT2D eigenvalue weighted by Gasteiger charge is 2.18. The number of hydrogen-bond donors (Lipinski definition) is 0. The fourth-order valence-electron chi connectivity index (χ4n) is 3.57. The molecule has 5 aromatic rings. The Labute approximate surface area is 178 Å². The van der Waals surface area contributed by atoms with Gasteiger partial charge in [-0.3, -0.25) is 8.97 Å². The molecule has 0 aliphatic rings. The van der Waals surface area contributed by atoms with Gasteiger partial charge in [-0.25, -0.2) is 4.98 Å². The summed E-state index contributed by atoms with van der Waals surface area (Å²) < 4.78 is 4.25. The molecule has 0 atom stereocenters. The van der Waals surface area contributed by atoms with Crippen molar-refractivity contribution in [1.82, 2.24) is 14.0 Å². The van der Waals surface area contributed by atoms with Crippen molar-refractivity contribution < 1.29 is 0 Å². The lowest BCUT2D eigenvalue weighted by Gasteiger charge is -2.09. The van der Waals surface area contributed by atoms with E-state index in [1.54, 1.807) is 0 Å². The molecular formula is C26H28N4. The zero-order chi connectivity index (χ0) is 21.7. The first kappa shape index (κ1) is 21.1. The number of para-hydroxylation sites is 4. The fourth-order valence-corrected chi connectivity index (χ4v) is 3.57. The van der Waals surface area contributed by atoms with Crippen LogP contribution in [-0.4, -0.2) is 14.0 Å². The summed E-state index contributed by atoms with van der Waals surface area (Å²) in [5.74, 6) is 0.824. The lowest BCUT2D eigenvalue weighted by molar-refractivity contribution is 1.09. The lowest BCUT2D eigenvalue weighted by atomic mass is 10.1. The second-order valence-corrected chi connectivity index (χ2v) is 6.85. The summed E-state index contributed by atoms with van der Waals surface area (Å²) in [6.45, 7) is 10.2. The molecule has 3 aromatic carbocycles. The molecule has 0 bridgehead atoms. The molecule has 2 aromatic heterocycles. The van der Waals surface area contributed by atoms with Crippen LogP contribution in [0.15, 0.2) is 66.7 Å². The van der Waals surface area contributed by atoms with Gasteiger partial charge >= 0.3 is 0 Å². The van der Waals surface area contributed by atoms with Crippen LogP contribution < -0.4 is 0 Å². The summed E-state index contributed by atoms with van der Waals surface area (Å²) in [6.07, 6.45) is 1.25. The lowest BCUT2D eigenvalue weighted by Crippen LogP contribution is -2.00. The highest BCUT2D eigenvalue weighted by Crippen LogP contribution is 2.30. The number of hydrogen-bond acceptors (Lipinski definition) is 2. The average molecular weight is 397 g/mol. The van der Waals surface area contributed by atoms with E-state index in [0.717, 1.165) is 39.1 Å². The summed E-state index contributed by atoms with van der Waals surface area (Å²) in [5, 5.41) is 9.69. The third-order valence-electron chi connectivity index (χ3n) is 4.71. The van der Waals surface area contributed by atoms with Gasteiger partial charge in [-0.1, -0.05) is 70.5 Å². The third kappa shape index (κ3) is 3.44. The SMILES string of the molecule is CC.CCC.Cc1cccc(-n2c3ccccc3n3c4ccccc4nc23)c1C#N. The van der Waals surface area contributed by atoms with E-state index in [9.17, 15) is 5.26 Å². The predicted molar refractivity (Wildman–Crippen MR) is 126 cm³/mol. The molecule has 0 saturated carbocycles. The van der Waals surface area contributed by atoms with Gasteiger partial charge in [0, 0.05) is 0 Å². The van der Waals surface area contributed by atoms with E-state index in [-0.39, 0.29) is 0 Å². The number of imidazole rings is 2. The number of aryl methyl sites for hydroxylation is 1. The maximum Gasteiger partial charge on any atom is 0.220 e. The number of nitriles is 1. The molecule has 0 aliphatic heterocycles. The Hall–Kier alpha value is -3.58. The minimum atomic E-state index is 0.679. The molecule has 2 heterocycles. The molecule has 0 aliphatic carbocycles. The van der Waals surface area contributed by atoms with Gasteiger partial charge in [0.05, 0.1) is 33.3 Å². The first-order valence-corrected chi connectivity index (χ1v) is 10.6. The quantitative estimate of drug-likeness (QED) is 0.305.